The largest absolute Gasteiger partial charge is 0.466 e. The molecule has 0 radical (unpaired) electrons. The van der Waals surface area contributed by atoms with Gasteiger partial charge >= 0.3 is 0 Å². The fraction of sp³-hybridized carbons (Fsp3) is 0.684. The molecule has 0 saturated heterocycles. The number of rotatable bonds is 5. The summed E-state index contributed by atoms with van der Waals surface area (Å²) < 4.78 is 5.56. The van der Waals surface area contributed by atoms with E-state index in [2.05, 4.69) is 27.0 Å². The molecule has 2 saturated carbocycles. The van der Waals surface area contributed by atoms with E-state index in [1.54, 1.807) is 7.05 Å². The summed E-state index contributed by atoms with van der Waals surface area (Å²) in [7, 11) is 1.78. The third-order valence-electron chi connectivity index (χ3n) is 5.12. The highest BCUT2D eigenvalue weighted by atomic mass is 16.3. The first-order valence-corrected chi connectivity index (χ1v) is 9.38. The lowest BCUT2D eigenvalue weighted by Crippen LogP contribution is -2.47. The summed E-state index contributed by atoms with van der Waals surface area (Å²) in [6.45, 7) is 4.62. The van der Waals surface area contributed by atoms with Crippen LogP contribution in [0.3, 0.4) is 0 Å². The second kappa shape index (κ2) is 7.93. The molecule has 6 nitrogen and oxygen atoms in total. The fourth-order valence-electron chi connectivity index (χ4n) is 3.53. The fourth-order valence-corrected chi connectivity index (χ4v) is 3.53. The van der Waals surface area contributed by atoms with Gasteiger partial charge in [0.25, 0.3) is 0 Å². The molecule has 0 aliphatic heterocycles. The van der Waals surface area contributed by atoms with Crippen LogP contribution < -0.4 is 16.0 Å². The Kier molecular flexibility index (Phi) is 5.66. The van der Waals surface area contributed by atoms with Crippen molar-refractivity contribution in [1.29, 1.82) is 0 Å². The second-order valence-electron chi connectivity index (χ2n) is 7.35. The van der Waals surface area contributed by atoms with Gasteiger partial charge in [0.15, 0.2) is 5.96 Å². The number of carbonyl (C=O) groups excluding carboxylic acids is 1. The minimum absolute atomic E-state index is 0.128. The maximum Gasteiger partial charge on any atom is 0.223 e. The van der Waals surface area contributed by atoms with E-state index in [1.165, 1.54) is 0 Å². The topological polar surface area (TPSA) is 78.7 Å². The summed E-state index contributed by atoms with van der Waals surface area (Å²) in [4.78, 5) is 16.6. The number of aliphatic imine (C=N–C) groups is 1. The monoisotopic (exact) mass is 346 g/mol. The van der Waals surface area contributed by atoms with Crippen LogP contribution in [0.4, 0.5) is 0 Å². The van der Waals surface area contributed by atoms with Crippen molar-refractivity contribution in [2.24, 2.45) is 10.9 Å². The van der Waals surface area contributed by atoms with Gasteiger partial charge in [-0.2, -0.15) is 0 Å². The molecule has 0 aromatic carbocycles. The Balaban J connectivity index is 1.48. The summed E-state index contributed by atoms with van der Waals surface area (Å²) in [6, 6.07) is 2.79. The molecule has 2 unspecified atom stereocenters. The lowest BCUT2D eigenvalue weighted by molar-refractivity contribution is -0.126. The van der Waals surface area contributed by atoms with Crippen molar-refractivity contribution in [3.05, 3.63) is 23.2 Å². The zero-order valence-corrected chi connectivity index (χ0v) is 15.5. The zero-order chi connectivity index (χ0) is 17.8. The van der Waals surface area contributed by atoms with Crippen molar-refractivity contribution < 1.29 is 9.21 Å². The number of nitrogens with zero attached hydrogens (tertiary/aromatic N) is 1. The second-order valence-corrected chi connectivity index (χ2v) is 7.35. The predicted molar refractivity (Wildman–Crippen MR) is 98.4 cm³/mol. The molecule has 0 spiro atoms. The molecule has 2 aliphatic carbocycles. The third kappa shape index (κ3) is 5.00. The van der Waals surface area contributed by atoms with Crippen LogP contribution in [-0.2, 0) is 11.3 Å². The van der Waals surface area contributed by atoms with E-state index in [0.29, 0.717) is 18.6 Å². The molecule has 1 amide bonds. The van der Waals surface area contributed by atoms with E-state index < -0.39 is 0 Å². The predicted octanol–water partition coefficient (Wildman–Crippen LogP) is 2.40. The van der Waals surface area contributed by atoms with Crippen molar-refractivity contribution >= 4 is 11.9 Å². The summed E-state index contributed by atoms with van der Waals surface area (Å²) in [6.07, 6.45) is 6.32. The normalized spacial score (nSPS) is 24.0. The molecule has 3 N–H and O–H groups in total. The SMILES string of the molecule is CN=C(NCc1cc(C)oc1C)NC1CCCC(C(=O)NC2CC2)C1. The number of hydrogen-bond donors (Lipinski definition) is 3. The number of nitrogens with one attached hydrogen (secondary N) is 3. The highest BCUT2D eigenvalue weighted by Gasteiger charge is 2.31. The lowest BCUT2D eigenvalue weighted by Gasteiger charge is -2.30. The van der Waals surface area contributed by atoms with E-state index in [-0.39, 0.29) is 11.8 Å². The molecule has 1 heterocycles. The smallest absolute Gasteiger partial charge is 0.223 e. The van der Waals surface area contributed by atoms with Crippen LogP contribution in [0.25, 0.3) is 0 Å². The molecule has 2 aliphatic rings. The number of guanidine groups is 1. The zero-order valence-electron chi connectivity index (χ0n) is 15.5. The van der Waals surface area contributed by atoms with E-state index in [9.17, 15) is 4.79 Å². The number of amides is 1. The average Bonchev–Trinajstić information content (AvgIpc) is 3.35. The van der Waals surface area contributed by atoms with Crippen LogP contribution >= 0.6 is 0 Å². The van der Waals surface area contributed by atoms with Gasteiger partial charge in [-0.15, -0.1) is 0 Å². The molecule has 1 aromatic rings. The maximum absolute atomic E-state index is 12.3. The average molecular weight is 346 g/mol. The number of furan rings is 1. The van der Waals surface area contributed by atoms with Gasteiger partial charge in [-0.25, -0.2) is 0 Å². The summed E-state index contributed by atoms with van der Waals surface area (Å²) >= 11 is 0. The Bertz CT molecular complexity index is 633. The van der Waals surface area contributed by atoms with Crippen molar-refractivity contribution in [2.45, 2.75) is 71.0 Å². The standard InChI is InChI=1S/C19H30N4O2/c1-12-9-15(13(2)25-12)11-21-19(20-3)23-17-6-4-5-14(10-17)18(24)22-16-7-8-16/h9,14,16-17H,4-8,10-11H2,1-3H3,(H,22,24)(H2,20,21,23). The molecule has 2 fully saturated rings. The van der Waals surface area contributed by atoms with Crippen molar-refractivity contribution in [3.8, 4) is 0 Å². The molecule has 6 heteroatoms. The number of carbonyl (C=O) groups is 1. The summed E-state index contributed by atoms with van der Waals surface area (Å²) in [5.41, 5.74) is 1.14. The molecule has 25 heavy (non-hydrogen) atoms. The van der Waals surface area contributed by atoms with Crippen LogP contribution in [0, 0.1) is 19.8 Å². The highest BCUT2D eigenvalue weighted by Crippen LogP contribution is 2.26. The third-order valence-corrected chi connectivity index (χ3v) is 5.12. The lowest BCUT2D eigenvalue weighted by atomic mass is 9.85. The van der Waals surface area contributed by atoms with E-state index >= 15 is 0 Å². The van der Waals surface area contributed by atoms with E-state index in [1.807, 2.05) is 13.8 Å². The summed E-state index contributed by atoms with van der Waals surface area (Å²) in [5, 5.41) is 9.98. The van der Waals surface area contributed by atoms with Crippen molar-refractivity contribution in [3.63, 3.8) is 0 Å². The van der Waals surface area contributed by atoms with Crippen LogP contribution in [-0.4, -0.2) is 31.0 Å². The Morgan fingerprint density at radius 2 is 2.00 bits per heavy atom. The molecule has 1 aromatic heterocycles. The quantitative estimate of drug-likeness (QED) is 0.565. The van der Waals surface area contributed by atoms with Gasteiger partial charge in [-0.1, -0.05) is 6.42 Å². The number of hydrogen-bond acceptors (Lipinski definition) is 3. The number of aryl methyl sites for hydroxylation is 2. The van der Waals surface area contributed by atoms with Gasteiger partial charge in [0.1, 0.15) is 11.5 Å². The maximum atomic E-state index is 12.3. The highest BCUT2D eigenvalue weighted by molar-refractivity contribution is 5.81. The molecule has 0 bridgehead atoms. The van der Waals surface area contributed by atoms with Gasteiger partial charge in [-0.3, -0.25) is 9.79 Å². The van der Waals surface area contributed by atoms with Gasteiger partial charge in [0.05, 0.1) is 0 Å². The summed E-state index contributed by atoms with van der Waals surface area (Å²) in [5.74, 6) is 3.01. The molecule has 138 valence electrons. The van der Waals surface area contributed by atoms with Crippen LogP contribution in [0.5, 0.6) is 0 Å². The Labute approximate surface area is 149 Å². The van der Waals surface area contributed by atoms with Crippen molar-refractivity contribution in [2.75, 3.05) is 7.05 Å². The van der Waals surface area contributed by atoms with Crippen LogP contribution in [0.1, 0.15) is 55.6 Å². The first-order chi connectivity index (χ1) is 12.0. The van der Waals surface area contributed by atoms with Gasteiger partial charge in [0, 0.05) is 37.2 Å². The Hall–Kier alpha value is -1.98. The van der Waals surface area contributed by atoms with E-state index in [4.69, 9.17) is 4.42 Å². The van der Waals surface area contributed by atoms with Gasteiger partial charge in [-0.05, 0) is 52.0 Å². The minimum atomic E-state index is 0.128. The van der Waals surface area contributed by atoms with Gasteiger partial charge in [0.2, 0.25) is 5.91 Å². The molecular weight excluding hydrogens is 316 g/mol. The molecule has 2 atom stereocenters. The van der Waals surface area contributed by atoms with Crippen LogP contribution in [0.15, 0.2) is 15.5 Å². The first kappa shape index (κ1) is 17.8. The van der Waals surface area contributed by atoms with Crippen LogP contribution in [0.2, 0.25) is 0 Å². The minimum Gasteiger partial charge on any atom is -0.466 e. The Morgan fingerprint density at radius 1 is 1.20 bits per heavy atom. The Morgan fingerprint density at radius 3 is 2.64 bits per heavy atom. The van der Waals surface area contributed by atoms with E-state index in [0.717, 1.165) is 61.6 Å². The van der Waals surface area contributed by atoms with Gasteiger partial charge < -0.3 is 20.4 Å². The molecule has 3 rings (SSSR count). The van der Waals surface area contributed by atoms with Crippen molar-refractivity contribution in [1.82, 2.24) is 16.0 Å². The first-order valence-electron chi connectivity index (χ1n) is 9.38. The molecular formula is C19H30N4O2.